The minimum absolute atomic E-state index is 0.0525. The van der Waals surface area contributed by atoms with Crippen molar-refractivity contribution in [3.8, 4) is 0 Å². The van der Waals surface area contributed by atoms with Gasteiger partial charge in [0, 0.05) is 47.8 Å². The largest absolute Gasteiger partial charge is 0.444 e. The fourth-order valence-corrected chi connectivity index (χ4v) is 8.29. The molecule has 1 fully saturated rings. The van der Waals surface area contributed by atoms with Gasteiger partial charge in [-0.3, -0.25) is 14.5 Å². The summed E-state index contributed by atoms with van der Waals surface area (Å²) in [6, 6.07) is 2.54. The molecule has 1 aromatic carbocycles. The molecule has 2 aliphatic heterocycles. The first-order chi connectivity index (χ1) is 19.5. The van der Waals surface area contributed by atoms with Crippen LogP contribution in [0.4, 0.5) is 28.2 Å². The highest BCUT2D eigenvalue weighted by Gasteiger charge is 2.39. The Hall–Kier alpha value is -3.06. The van der Waals surface area contributed by atoms with Crippen LogP contribution in [0, 0.1) is 5.82 Å². The van der Waals surface area contributed by atoms with Gasteiger partial charge in [-0.05, 0) is 58.4 Å². The highest BCUT2D eigenvalue weighted by atomic mass is 35.7. The van der Waals surface area contributed by atoms with Gasteiger partial charge in [-0.2, -0.15) is 18.2 Å². The number of amides is 1. The van der Waals surface area contributed by atoms with E-state index in [2.05, 4.69) is 9.97 Å². The molecule has 228 valence electrons. The summed E-state index contributed by atoms with van der Waals surface area (Å²) in [7, 11) is 5.14. The van der Waals surface area contributed by atoms with E-state index in [0.29, 0.717) is 11.1 Å². The molecule has 0 radical (unpaired) electrons. The second kappa shape index (κ2) is 10.9. The minimum Gasteiger partial charge on any atom is -0.444 e. The van der Waals surface area contributed by atoms with E-state index < -0.39 is 51.0 Å². The SMILES string of the molecule is C[C@@H]1CN(c2nc(=O)n3c4c(cc(C(F)(F)F)cc24)[SH](Cl)C[C@@H](c2cncc(F)c2)C3)C[C@H](C)N1C(=O)OC(C)(C)C. The lowest BCUT2D eigenvalue weighted by molar-refractivity contribution is -0.137. The van der Waals surface area contributed by atoms with Crippen LogP contribution in [0.2, 0.25) is 0 Å². The van der Waals surface area contributed by atoms with E-state index >= 15 is 0 Å². The average molecular weight is 630 g/mol. The number of ether oxygens (including phenoxy) is 1. The number of nitrogens with zero attached hydrogens (tertiary/aromatic N) is 5. The van der Waals surface area contributed by atoms with E-state index in [-0.39, 0.29) is 53.6 Å². The molecule has 5 rings (SSSR count). The maximum absolute atomic E-state index is 14.2. The molecule has 0 saturated carbocycles. The predicted molar refractivity (Wildman–Crippen MR) is 155 cm³/mol. The molecule has 1 saturated heterocycles. The van der Waals surface area contributed by atoms with Crippen LogP contribution < -0.4 is 10.6 Å². The van der Waals surface area contributed by atoms with Gasteiger partial charge in [0.1, 0.15) is 17.2 Å². The summed E-state index contributed by atoms with van der Waals surface area (Å²) in [4.78, 5) is 38.3. The van der Waals surface area contributed by atoms with E-state index in [1.165, 1.54) is 16.8 Å². The van der Waals surface area contributed by atoms with Crippen LogP contribution in [0.15, 0.2) is 40.3 Å². The quantitative estimate of drug-likeness (QED) is 0.273. The molecule has 4 atom stereocenters. The lowest BCUT2D eigenvalue weighted by atomic mass is 10.0. The normalized spacial score (nSPS) is 24.0. The van der Waals surface area contributed by atoms with Crippen LogP contribution in [0.25, 0.3) is 10.9 Å². The summed E-state index contributed by atoms with van der Waals surface area (Å²) in [6.45, 7) is 9.42. The number of carbonyl (C=O) groups is 1. The topological polar surface area (TPSA) is 80.6 Å². The molecule has 2 aliphatic rings. The van der Waals surface area contributed by atoms with Crippen LogP contribution >= 0.6 is 20.8 Å². The number of hydrogen-bond acceptors (Lipinski definition) is 6. The van der Waals surface area contributed by atoms with Gasteiger partial charge >= 0.3 is 18.0 Å². The van der Waals surface area contributed by atoms with Gasteiger partial charge in [-0.15, -0.1) is 10.1 Å². The van der Waals surface area contributed by atoms with Crippen molar-refractivity contribution in [2.45, 2.75) is 75.8 Å². The number of benzene rings is 1. The van der Waals surface area contributed by atoms with Crippen LogP contribution in [0.3, 0.4) is 0 Å². The number of anilines is 1. The second-order valence-electron chi connectivity index (χ2n) is 11.9. The van der Waals surface area contributed by atoms with Crippen molar-refractivity contribution in [3.63, 3.8) is 0 Å². The third-order valence-electron chi connectivity index (χ3n) is 7.43. The number of rotatable bonds is 2. The van der Waals surface area contributed by atoms with E-state index in [9.17, 15) is 27.2 Å². The van der Waals surface area contributed by atoms with Crippen LogP contribution in [-0.2, 0) is 17.5 Å². The Morgan fingerprint density at radius 3 is 2.33 bits per heavy atom. The predicted octanol–water partition coefficient (Wildman–Crippen LogP) is 6.09. The van der Waals surface area contributed by atoms with Crippen molar-refractivity contribution in [2.75, 3.05) is 23.7 Å². The number of aromatic nitrogens is 3. The Bertz CT molecular complexity index is 1580. The van der Waals surface area contributed by atoms with E-state index in [1.807, 2.05) is 13.8 Å². The minimum atomic E-state index is -4.68. The zero-order valence-corrected chi connectivity index (χ0v) is 25.4. The maximum atomic E-state index is 14.2. The monoisotopic (exact) mass is 629 g/mol. The Balaban J connectivity index is 1.63. The molecule has 2 aromatic heterocycles. The van der Waals surface area contributed by atoms with Gasteiger partial charge in [0.25, 0.3) is 0 Å². The molecular weight excluding hydrogens is 598 g/mol. The van der Waals surface area contributed by atoms with Gasteiger partial charge in [0.15, 0.2) is 0 Å². The first-order valence-corrected chi connectivity index (χ1v) is 15.9. The fourth-order valence-electron chi connectivity index (χ4n) is 5.74. The zero-order valence-electron chi connectivity index (χ0n) is 23.7. The average Bonchev–Trinajstić information content (AvgIpc) is 3.01. The number of pyridine rings is 1. The van der Waals surface area contributed by atoms with Crippen LogP contribution in [0.5, 0.6) is 0 Å². The maximum Gasteiger partial charge on any atom is 0.416 e. The Kier molecular flexibility index (Phi) is 7.88. The van der Waals surface area contributed by atoms with E-state index in [4.69, 9.17) is 15.4 Å². The van der Waals surface area contributed by atoms with Crippen molar-refractivity contribution in [1.29, 1.82) is 0 Å². The Labute approximate surface area is 247 Å². The molecule has 3 aromatic rings. The van der Waals surface area contributed by atoms with Crippen molar-refractivity contribution in [3.05, 3.63) is 58.0 Å². The van der Waals surface area contributed by atoms with Gasteiger partial charge < -0.3 is 9.64 Å². The van der Waals surface area contributed by atoms with Gasteiger partial charge in [-0.25, -0.2) is 14.0 Å². The molecule has 8 nitrogen and oxygen atoms in total. The number of halogens is 5. The fraction of sp³-hybridized carbons (Fsp3) is 0.500. The summed E-state index contributed by atoms with van der Waals surface area (Å²) in [5.41, 5.74) is -1.46. The molecule has 0 N–H and O–H groups in total. The summed E-state index contributed by atoms with van der Waals surface area (Å²) in [5.74, 6) is -0.707. The van der Waals surface area contributed by atoms with E-state index in [0.717, 1.165) is 18.3 Å². The number of hydrogen-bond donors (Lipinski definition) is 1. The second-order valence-corrected chi connectivity index (χ2v) is 14.7. The van der Waals surface area contributed by atoms with Gasteiger partial charge in [-0.1, -0.05) is 10.7 Å². The Morgan fingerprint density at radius 1 is 1.07 bits per heavy atom. The number of thiol groups is 1. The third-order valence-corrected chi connectivity index (χ3v) is 10.0. The Morgan fingerprint density at radius 2 is 1.74 bits per heavy atom. The molecule has 0 aliphatic carbocycles. The summed E-state index contributed by atoms with van der Waals surface area (Å²) >= 11 is 0. The molecule has 1 unspecified atom stereocenters. The molecular formula is C28H32ClF4N5O3S. The van der Waals surface area contributed by atoms with Crippen molar-refractivity contribution < 1.29 is 27.1 Å². The molecule has 14 heteroatoms. The molecule has 42 heavy (non-hydrogen) atoms. The van der Waals surface area contributed by atoms with Crippen molar-refractivity contribution >= 4 is 43.6 Å². The molecule has 0 bridgehead atoms. The highest BCUT2D eigenvalue weighted by Crippen LogP contribution is 2.52. The zero-order chi connectivity index (χ0) is 30.7. The standard InChI is InChI=1S/C28H32ClF4N5O3S/c1-15-11-36(12-16(2)38(15)26(40)41-27(3,4)5)24-21-7-19(28(31,32)33)8-22-23(21)37(25(39)35-24)13-18(14-42(22)29)17-6-20(30)10-34-9-17/h6-10,15-16,18,42H,11-14H2,1-5H3/t15-,16+,18-/m0/s1. The molecule has 1 amide bonds. The lowest BCUT2D eigenvalue weighted by Gasteiger charge is -2.45. The third kappa shape index (κ3) is 5.90. The molecule has 4 heterocycles. The molecule has 0 spiro atoms. The summed E-state index contributed by atoms with van der Waals surface area (Å²) in [5, 5.41) is 0.149. The van der Waals surface area contributed by atoms with Crippen LogP contribution in [0.1, 0.15) is 51.7 Å². The van der Waals surface area contributed by atoms with E-state index in [1.54, 1.807) is 30.6 Å². The summed E-state index contributed by atoms with van der Waals surface area (Å²) < 4.78 is 63.5. The number of piperazine rings is 1. The van der Waals surface area contributed by atoms with Gasteiger partial charge in [0.2, 0.25) is 0 Å². The number of alkyl halides is 3. The van der Waals surface area contributed by atoms with Crippen molar-refractivity contribution in [1.82, 2.24) is 19.4 Å². The first kappa shape index (κ1) is 30.4. The van der Waals surface area contributed by atoms with Crippen molar-refractivity contribution in [2.24, 2.45) is 0 Å². The lowest BCUT2D eigenvalue weighted by Crippen LogP contribution is -2.59. The number of carbonyl (C=O) groups excluding carboxylic acids is 1. The highest BCUT2D eigenvalue weighted by molar-refractivity contribution is 8.36. The summed E-state index contributed by atoms with van der Waals surface area (Å²) in [6.07, 6.45) is -2.64. The smallest absolute Gasteiger partial charge is 0.416 e. The van der Waals surface area contributed by atoms with Gasteiger partial charge in [0.05, 0.1) is 29.4 Å². The first-order valence-electron chi connectivity index (χ1n) is 13.5. The van der Waals surface area contributed by atoms with Crippen LogP contribution in [-0.4, -0.2) is 62.1 Å².